The first-order chi connectivity index (χ1) is 10.5. The minimum atomic E-state index is -0.0971. The van der Waals surface area contributed by atoms with Crippen LogP contribution >= 0.6 is 0 Å². The highest BCUT2D eigenvalue weighted by molar-refractivity contribution is 6.02. The van der Waals surface area contributed by atoms with Crippen LogP contribution < -0.4 is 5.32 Å². The molecule has 0 unspecified atom stereocenters. The van der Waals surface area contributed by atoms with Crippen LogP contribution in [0.15, 0.2) is 36.4 Å². The summed E-state index contributed by atoms with van der Waals surface area (Å²) in [7, 11) is 0. The molecule has 0 spiro atoms. The zero-order valence-electron chi connectivity index (χ0n) is 13.4. The molecule has 3 heteroatoms. The molecule has 1 aliphatic rings. The molecular weight excluding hydrogens is 272 g/mol. The summed E-state index contributed by atoms with van der Waals surface area (Å²) in [4.78, 5) is 12.0. The summed E-state index contributed by atoms with van der Waals surface area (Å²) in [5.74, 6) is -0.0971. The first-order valence-corrected chi connectivity index (χ1v) is 7.79. The molecule has 2 aromatic rings. The highest BCUT2D eigenvalue weighted by atomic mass is 16.1. The minimum Gasteiger partial charge on any atom is -0.346 e. The van der Waals surface area contributed by atoms with Crippen molar-refractivity contribution in [3.8, 4) is 0 Å². The molecule has 0 aliphatic heterocycles. The second kappa shape index (κ2) is 5.84. The molecule has 0 saturated heterocycles. The Morgan fingerprint density at radius 1 is 1.18 bits per heavy atom. The van der Waals surface area contributed by atoms with E-state index in [1.165, 1.54) is 29.8 Å². The topological polar surface area (TPSA) is 34.0 Å². The molecule has 3 rings (SSSR count). The average molecular weight is 294 g/mol. The SMILES string of the molecule is Cc1ccc(NC(=O)/C=C/c2cc(C)n(C3CC3)c2C)cc1. The van der Waals surface area contributed by atoms with E-state index < -0.39 is 0 Å². The lowest BCUT2D eigenvalue weighted by molar-refractivity contribution is -0.111. The lowest BCUT2D eigenvalue weighted by atomic mass is 10.2. The third-order valence-corrected chi connectivity index (χ3v) is 4.17. The van der Waals surface area contributed by atoms with E-state index in [9.17, 15) is 4.79 Å². The fourth-order valence-electron chi connectivity index (χ4n) is 2.85. The number of carbonyl (C=O) groups excluding carboxylic acids is 1. The lowest BCUT2D eigenvalue weighted by Crippen LogP contribution is -2.07. The number of rotatable bonds is 4. The van der Waals surface area contributed by atoms with Gasteiger partial charge in [0.25, 0.3) is 0 Å². The number of hydrogen-bond donors (Lipinski definition) is 1. The minimum absolute atomic E-state index is 0.0971. The summed E-state index contributed by atoms with van der Waals surface area (Å²) in [5.41, 5.74) is 5.66. The Kier molecular flexibility index (Phi) is 3.88. The number of carbonyl (C=O) groups is 1. The van der Waals surface area contributed by atoms with Crippen LogP contribution in [0.1, 0.15) is 41.4 Å². The molecule has 1 N–H and O–H groups in total. The highest BCUT2D eigenvalue weighted by Crippen LogP contribution is 2.38. The van der Waals surface area contributed by atoms with Gasteiger partial charge >= 0.3 is 0 Å². The summed E-state index contributed by atoms with van der Waals surface area (Å²) >= 11 is 0. The van der Waals surface area contributed by atoms with Crippen molar-refractivity contribution in [3.63, 3.8) is 0 Å². The number of aryl methyl sites for hydroxylation is 2. The van der Waals surface area contributed by atoms with Gasteiger partial charge in [-0.25, -0.2) is 0 Å². The Morgan fingerprint density at radius 3 is 2.50 bits per heavy atom. The van der Waals surface area contributed by atoms with Crippen molar-refractivity contribution in [2.45, 2.75) is 39.7 Å². The van der Waals surface area contributed by atoms with Crippen LogP contribution in [0.5, 0.6) is 0 Å². The van der Waals surface area contributed by atoms with Gasteiger partial charge in [-0.1, -0.05) is 17.7 Å². The van der Waals surface area contributed by atoms with Crippen LogP contribution in [-0.2, 0) is 4.79 Å². The molecular formula is C19H22N2O. The molecule has 114 valence electrons. The van der Waals surface area contributed by atoms with E-state index in [0.717, 1.165) is 11.3 Å². The molecule has 0 atom stereocenters. The van der Waals surface area contributed by atoms with Gasteiger partial charge in [-0.3, -0.25) is 4.79 Å². The standard InChI is InChI=1S/C19H22N2O/c1-13-4-7-17(8-5-13)20-19(22)11-6-16-12-14(2)21(15(16)3)18-9-10-18/h4-8,11-12,18H,9-10H2,1-3H3,(H,20,22)/b11-6+. The second-order valence-electron chi connectivity index (χ2n) is 6.12. The molecule has 1 amide bonds. The van der Waals surface area contributed by atoms with Gasteiger partial charge in [0.2, 0.25) is 5.91 Å². The van der Waals surface area contributed by atoms with Crippen molar-refractivity contribution < 1.29 is 4.79 Å². The lowest BCUT2D eigenvalue weighted by Gasteiger charge is -2.06. The van der Waals surface area contributed by atoms with Crippen molar-refractivity contribution in [2.75, 3.05) is 5.32 Å². The number of amides is 1. The maximum Gasteiger partial charge on any atom is 0.248 e. The predicted octanol–water partition coefficient (Wildman–Crippen LogP) is 4.40. The number of benzene rings is 1. The fraction of sp³-hybridized carbons (Fsp3) is 0.316. The summed E-state index contributed by atoms with van der Waals surface area (Å²) in [6.45, 7) is 6.29. The number of aromatic nitrogens is 1. The van der Waals surface area contributed by atoms with Gasteiger partial charge in [0.1, 0.15) is 0 Å². The van der Waals surface area contributed by atoms with E-state index >= 15 is 0 Å². The maximum absolute atomic E-state index is 12.0. The van der Waals surface area contributed by atoms with Crippen LogP contribution in [0.2, 0.25) is 0 Å². The van der Waals surface area contributed by atoms with Crippen LogP contribution in [-0.4, -0.2) is 10.5 Å². The van der Waals surface area contributed by atoms with Gasteiger partial charge in [0.05, 0.1) is 0 Å². The van der Waals surface area contributed by atoms with Gasteiger partial charge in [-0.05, 0) is 63.5 Å². The van der Waals surface area contributed by atoms with Crippen molar-refractivity contribution >= 4 is 17.7 Å². The van der Waals surface area contributed by atoms with Crippen LogP contribution in [0.3, 0.4) is 0 Å². The van der Waals surface area contributed by atoms with E-state index in [4.69, 9.17) is 0 Å². The van der Waals surface area contributed by atoms with E-state index in [2.05, 4.69) is 29.8 Å². The number of anilines is 1. The van der Waals surface area contributed by atoms with Crippen molar-refractivity contribution in [3.05, 3.63) is 58.9 Å². The first kappa shape index (κ1) is 14.6. The number of hydrogen-bond acceptors (Lipinski definition) is 1. The van der Waals surface area contributed by atoms with Crippen molar-refractivity contribution in [1.29, 1.82) is 0 Å². The summed E-state index contributed by atoms with van der Waals surface area (Å²) < 4.78 is 2.39. The fourth-order valence-corrected chi connectivity index (χ4v) is 2.85. The van der Waals surface area contributed by atoms with E-state index in [1.807, 2.05) is 37.3 Å². The van der Waals surface area contributed by atoms with Crippen LogP contribution in [0, 0.1) is 20.8 Å². The molecule has 1 aromatic heterocycles. The monoisotopic (exact) mass is 294 g/mol. The van der Waals surface area contributed by atoms with Crippen LogP contribution in [0.4, 0.5) is 5.69 Å². The Bertz CT molecular complexity index is 719. The van der Waals surface area contributed by atoms with Gasteiger partial charge in [0, 0.05) is 29.2 Å². The predicted molar refractivity (Wildman–Crippen MR) is 91.0 cm³/mol. The number of nitrogens with one attached hydrogen (secondary N) is 1. The summed E-state index contributed by atoms with van der Waals surface area (Å²) in [6.07, 6.45) is 6.06. The van der Waals surface area contributed by atoms with Gasteiger partial charge in [-0.2, -0.15) is 0 Å². The second-order valence-corrected chi connectivity index (χ2v) is 6.12. The van der Waals surface area contributed by atoms with Crippen LogP contribution in [0.25, 0.3) is 6.08 Å². The molecule has 0 bridgehead atoms. The van der Waals surface area contributed by atoms with E-state index in [-0.39, 0.29) is 5.91 Å². The molecule has 22 heavy (non-hydrogen) atoms. The van der Waals surface area contributed by atoms with Crippen molar-refractivity contribution in [2.24, 2.45) is 0 Å². The zero-order chi connectivity index (χ0) is 15.7. The third kappa shape index (κ3) is 3.14. The Hall–Kier alpha value is -2.29. The molecule has 1 fully saturated rings. The molecule has 1 saturated carbocycles. The molecule has 1 aromatic carbocycles. The first-order valence-electron chi connectivity index (χ1n) is 7.79. The quantitative estimate of drug-likeness (QED) is 0.833. The molecule has 1 aliphatic carbocycles. The molecule has 3 nitrogen and oxygen atoms in total. The van der Waals surface area contributed by atoms with Gasteiger partial charge in [-0.15, -0.1) is 0 Å². The third-order valence-electron chi connectivity index (χ3n) is 4.17. The Balaban J connectivity index is 1.69. The maximum atomic E-state index is 12.0. The Labute approximate surface area is 131 Å². The van der Waals surface area contributed by atoms with Crippen molar-refractivity contribution in [1.82, 2.24) is 4.57 Å². The smallest absolute Gasteiger partial charge is 0.248 e. The average Bonchev–Trinajstić information content (AvgIpc) is 3.26. The molecule has 1 heterocycles. The summed E-state index contributed by atoms with van der Waals surface area (Å²) in [5, 5.41) is 2.88. The molecule has 0 radical (unpaired) electrons. The summed E-state index contributed by atoms with van der Waals surface area (Å²) in [6, 6.07) is 10.6. The Morgan fingerprint density at radius 2 is 1.86 bits per heavy atom. The van der Waals surface area contributed by atoms with E-state index in [1.54, 1.807) is 6.08 Å². The van der Waals surface area contributed by atoms with Gasteiger partial charge in [0.15, 0.2) is 0 Å². The van der Waals surface area contributed by atoms with E-state index in [0.29, 0.717) is 6.04 Å². The normalized spacial score (nSPS) is 14.5. The largest absolute Gasteiger partial charge is 0.346 e. The highest BCUT2D eigenvalue weighted by Gasteiger charge is 2.26. The van der Waals surface area contributed by atoms with Gasteiger partial charge < -0.3 is 9.88 Å². The zero-order valence-corrected chi connectivity index (χ0v) is 13.4. The number of nitrogens with zero attached hydrogens (tertiary/aromatic N) is 1.